The molecule has 136 valence electrons. The van der Waals surface area contributed by atoms with Gasteiger partial charge in [-0.1, -0.05) is 49.6 Å². The van der Waals surface area contributed by atoms with Crippen molar-refractivity contribution >= 4 is 17.8 Å². The van der Waals surface area contributed by atoms with Crippen LogP contribution >= 0.6 is 0 Å². The van der Waals surface area contributed by atoms with Crippen LogP contribution in [0.25, 0.3) is 40.3 Å². The Morgan fingerprint density at radius 1 is 0.828 bits per heavy atom. The highest BCUT2D eigenvalue weighted by Crippen LogP contribution is 2.26. The molecule has 2 aromatic carbocycles. The van der Waals surface area contributed by atoms with Gasteiger partial charge in [0.25, 0.3) is 0 Å². The molecule has 0 amide bonds. The van der Waals surface area contributed by atoms with E-state index in [2.05, 4.69) is 35.4 Å². The quantitative estimate of drug-likeness (QED) is 0.499. The van der Waals surface area contributed by atoms with Crippen molar-refractivity contribution in [2.45, 2.75) is 0 Å². The highest BCUT2D eigenvalue weighted by molar-refractivity contribution is 5.76. The van der Waals surface area contributed by atoms with Gasteiger partial charge in [0, 0.05) is 17.3 Å². The lowest BCUT2D eigenvalue weighted by Crippen LogP contribution is -1.91. The summed E-state index contributed by atoms with van der Waals surface area (Å²) >= 11 is 0. The van der Waals surface area contributed by atoms with E-state index in [0.29, 0.717) is 17.0 Å². The molecule has 0 aliphatic carbocycles. The minimum absolute atomic E-state index is 0.458. The highest BCUT2D eigenvalue weighted by atomic mass is 15.3. The number of nitrogens with zero attached hydrogens (tertiary/aromatic N) is 5. The Bertz CT molecular complexity index is 1310. The maximum Gasteiger partial charge on any atom is 0.182 e. The molecule has 0 atom stereocenters. The smallest absolute Gasteiger partial charge is 0.182 e. The summed E-state index contributed by atoms with van der Waals surface area (Å²) in [5.41, 5.74) is 6.07. The van der Waals surface area contributed by atoms with Gasteiger partial charge in [0.1, 0.15) is 0 Å². The molecule has 0 N–H and O–H groups in total. The van der Waals surface area contributed by atoms with Crippen molar-refractivity contribution in [2.75, 3.05) is 0 Å². The summed E-state index contributed by atoms with van der Waals surface area (Å²) in [5, 5.41) is 22.9. The summed E-state index contributed by atoms with van der Waals surface area (Å²) in [6.45, 7) is 7.70. The average molecular weight is 373 g/mol. The molecule has 4 aromatic rings. The molecule has 5 nitrogen and oxygen atoms in total. The Hall–Kier alpha value is -4.48. The number of rotatable bonds is 4. The zero-order valence-corrected chi connectivity index (χ0v) is 15.5. The Morgan fingerprint density at radius 3 is 2.07 bits per heavy atom. The SMILES string of the molecule is C=Cc1ccn2nc(-c3ccc(-c4cc(C#N)cc(C#N)c4)cc3)nc2c1C=C. The largest absolute Gasteiger partial charge is 0.220 e. The fourth-order valence-corrected chi connectivity index (χ4v) is 3.23. The van der Waals surface area contributed by atoms with E-state index in [-0.39, 0.29) is 0 Å². The second kappa shape index (κ2) is 7.26. The van der Waals surface area contributed by atoms with E-state index in [4.69, 9.17) is 0 Å². The summed E-state index contributed by atoms with van der Waals surface area (Å²) in [6.07, 6.45) is 5.37. The zero-order chi connectivity index (χ0) is 20.4. The van der Waals surface area contributed by atoms with Crippen molar-refractivity contribution in [3.63, 3.8) is 0 Å². The first-order valence-electron chi connectivity index (χ1n) is 8.87. The fraction of sp³-hybridized carbons (Fsp3) is 0. The van der Waals surface area contributed by atoms with Gasteiger partial charge < -0.3 is 0 Å². The predicted molar refractivity (Wildman–Crippen MR) is 113 cm³/mol. The molecule has 4 rings (SSSR count). The molecule has 29 heavy (non-hydrogen) atoms. The van der Waals surface area contributed by atoms with Crippen LogP contribution in [0.5, 0.6) is 0 Å². The monoisotopic (exact) mass is 373 g/mol. The third-order valence-electron chi connectivity index (χ3n) is 4.67. The minimum atomic E-state index is 0.458. The van der Waals surface area contributed by atoms with Crippen molar-refractivity contribution in [1.29, 1.82) is 10.5 Å². The van der Waals surface area contributed by atoms with Gasteiger partial charge in [0.15, 0.2) is 11.5 Å². The molecule has 0 saturated carbocycles. The first kappa shape index (κ1) is 17.9. The van der Waals surface area contributed by atoms with E-state index in [0.717, 1.165) is 33.5 Å². The molecule has 5 heteroatoms. The maximum atomic E-state index is 9.18. The first-order chi connectivity index (χ1) is 14.2. The fourth-order valence-electron chi connectivity index (χ4n) is 3.23. The molecule has 0 spiro atoms. The summed E-state index contributed by atoms with van der Waals surface area (Å²) in [7, 11) is 0. The highest BCUT2D eigenvalue weighted by Gasteiger charge is 2.11. The van der Waals surface area contributed by atoms with Gasteiger partial charge >= 0.3 is 0 Å². The van der Waals surface area contributed by atoms with Gasteiger partial charge in [-0.05, 0) is 41.0 Å². The Kier molecular flexibility index (Phi) is 4.49. The molecule has 0 bridgehead atoms. The molecular formula is C24H15N5. The summed E-state index contributed by atoms with van der Waals surface area (Å²) in [6, 6.07) is 19.0. The standard InChI is InChI=1S/C24H15N5/c1-3-18-9-10-29-24(22(18)4-2)27-23(28-29)20-7-5-19(6-8-20)21-12-16(14-25)11-17(13-21)15-26/h3-13H,1-2H2. The van der Waals surface area contributed by atoms with Gasteiger partial charge in [-0.25, -0.2) is 9.50 Å². The zero-order valence-electron chi connectivity index (χ0n) is 15.5. The first-order valence-corrected chi connectivity index (χ1v) is 8.87. The van der Waals surface area contributed by atoms with E-state index in [1.54, 1.807) is 34.9 Å². The minimum Gasteiger partial charge on any atom is -0.220 e. The van der Waals surface area contributed by atoms with Gasteiger partial charge in [-0.15, -0.1) is 5.10 Å². The third-order valence-corrected chi connectivity index (χ3v) is 4.67. The lowest BCUT2D eigenvalue weighted by molar-refractivity contribution is 0.963. The van der Waals surface area contributed by atoms with E-state index >= 15 is 0 Å². The van der Waals surface area contributed by atoms with Crippen molar-refractivity contribution in [3.05, 3.63) is 90.1 Å². The van der Waals surface area contributed by atoms with Crippen LogP contribution < -0.4 is 0 Å². The number of aromatic nitrogens is 3. The van der Waals surface area contributed by atoms with Gasteiger partial charge in [0.05, 0.1) is 23.3 Å². The van der Waals surface area contributed by atoms with Crippen LogP contribution in [-0.2, 0) is 0 Å². The molecule has 2 heterocycles. The lowest BCUT2D eigenvalue weighted by Gasteiger charge is -2.04. The maximum absolute atomic E-state index is 9.18. The molecule has 2 aromatic heterocycles. The van der Waals surface area contributed by atoms with Crippen LogP contribution in [0.2, 0.25) is 0 Å². The third kappa shape index (κ3) is 3.18. The molecule has 0 unspecified atom stereocenters. The Balaban J connectivity index is 1.76. The van der Waals surface area contributed by atoms with E-state index in [1.807, 2.05) is 36.5 Å². The number of hydrogen-bond acceptors (Lipinski definition) is 4. The molecule has 0 radical (unpaired) electrons. The normalized spacial score (nSPS) is 10.3. The molecule has 0 fully saturated rings. The van der Waals surface area contributed by atoms with Crippen molar-refractivity contribution in [3.8, 4) is 34.7 Å². The summed E-state index contributed by atoms with van der Waals surface area (Å²) < 4.78 is 1.73. The Labute approximate surface area is 168 Å². The topological polar surface area (TPSA) is 77.8 Å². The number of benzene rings is 2. The van der Waals surface area contributed by atoms with Crippen LogP contribution in [0.4, 0.5) is 0 Å². The van der Waals surface area contributed by atoms with Gasteiger partial charge in [0.2, 0.25) is 0 Å². The van der Waals surface area contributed by atoms with Gasteiger partial charge in [-0.3, -0.25) is 0 Å². The van der Waals surface area contributed by atoms with Crippen molar-refractivity contribution < 1.29 is 0 Å². The molecule has 0 aliphatic heterocycles. The molecular weight excluding hydrogens is 358 g/mol. The molecule has 0 aliphatic rings. The number of nitriles is 2. The van der Waals surface area contributed by atoms with E-state index < -0.39 is 0 Å². The van der Waals surface area contributed by atoms with E-state index in [1.165, 1.54) is 0 Å². The van der Waals surface area contributed by atoms with Crippen molar-refractivity contribution in [1.82, 2.24) is 14.6 Å². The lowest BCUT2D eigenvalue weighted by atomic mass is 9.99. The number of fused-ring (bicyclic) bond motifs is 1. The predicted octanol–water partition coefficient (Wildman–Crippen LogP) is 5.09. The molecule has 0 saturated heterocycles. The van der Waals surface area contributed by atoms with Crippen LogP contribution in [0.1, 0.15) is 22.3 Å². The Morgan fingerprint density at radius 2 is 1.48 bits per heavy atom. The van der Waals surface area contributed by atoms with Gasteiger partial charge in [-0.2, -0.15) is 10.5 Å². The summed E-state index contributed by atoms with van der Waals surface area (Å²) in [4.78, 5) is 4.67. The average Bonchev–Trinajstić information content (AvgIpc) is 3.22. The second-order valence-corrected chi connectivity index (χ2v) is 6.40. The van der Waals surface area contributed by atoms with Crippen LogP contribution in [0.15, 0.2) is 67.9 Å². The number of hydrogen-bond donors (Lipinski definition) is 0. The number of pyridine rings is 1. The van der Waals surface area contributed by atoms with Crippen LogP contribution in [0.3, 0.4) is 0 Å². The van der Waals surface area contributed by atoms with Crippen LogP contribution in [0, 0.1) is 22.7 Å². The van der Waals surface area contributed by atoms with E-state index in [9.17, 15) is 10.5 Å². The van der Waals surface area contributed by atoms with Crippen LogP contribution in [-0.4, -0.2) is 14.6 Å². The summed E-state index contributed by atoms with van der Waals surface area (Å²) in [5.74, 6) is 0.601. The second-order valence-electron chi connectivity index (χ2n) is 6.40. The van der Waals surface area contributed by atoms with Crippen molar-refractivity contribution in [2.24, 2.45) is 0 Å².